The van der Waals surface area contributed by atoms with E-state index in [1.165, 1.54) is 66.2 Å². The molecular formula is C36H36N2P2. The molecule has 0 spiro atoms. The fourth-order valence-corrected chi connectivity index (χ4v) is 11.8. The van der Waals surface area contributed by atoms with Gasteiger partial charge in [0.05, 0.1) is 0 Å². The van der Waals surface area contributed by atoms with Crippen molar-refractivity contribution in [3.05, 3.63) is 107 Å². The van der Waals surface area contributed by atoms with Gasteiger partial charge in [-0.15, -0.1) is 0 Å². The lowest BCUT2D eigenvalue weighted by Crippen LogP contribution is -2.27. The second kappa shape index (κ2) is 10.3. The van der Waals surface area contributed by atoms with Gasteiger partial charge in [0.25, 0.3) is 0 Å². The van der Waals surface area contributed by atoms with Crippen LogP contribution in [0.4, 0.5) is 22.7 Å². The van der Waals surface area contributed by atoms with E-state index in [1.807, 2.05) is 0 Å². The van der Waals surface area contributed by atoms with Crippen LogP contribution in [0.5, 0.6) is 0 Å². The zero-order valence-electron chi connectivity index (χ0n) is 23.7. The van der Waals surface area contributed by atoms with Gasteiger partial charge >= 0.3 is 0 Å². The first kappa shape index (κ1) is 25.8. The molecule has 4 heteroatoms. The largest absolute Gasteiger partial charge is 0.354 e. The normalized spacial score (nSPS) is 18.4. The van der Waals surface area contributed by atoms with E-state index in [9.17, 15) is 0 Å². The van der Waals surface area contributed by atoms with E-state index >= 15 is 0 Å². The number of nitrogens with one attached hydrogen (secondary N) is 2. The topological polar surface area (TPSA) is 24.1 Å². The Morgan fingerprint density at radius 2 is 1.00 bits per heavy atom. The van der Waals surface area contributed by atoms with Crippen molar-refractivity contribution in [3.63, 3.8) is 0 Å². The number of fused-ring (bicyclic) bond motifs is 6. The van der Waals surface area contributed by atoms with Crippen molar-refractivity contribution >= 4 is 72.0 Å². The second-order valence-corrected chi connectivity index (χ2v) is 17.0. The molecule has 7 rings (SSSR count). The lowest BCUT2D eigenvalue weighted by atomic mass is 10.1. The Labute approximate surface area is 241 Å². The van der Waals surface area contributed by atoms with Crippen molar-refractivity contribution in [2.75, 3.05) is 10.6 Å². The van der Waals surface area contributed by atoms with Crippen LogP contribution in [0.1, 0.15) is 49.9 Å². The number of para-hydroxylation sites is 2. The van der Waals surface area contributed by atoms with Gasteiger partial charge in [0, 0.05) is 44.0 Å². The second-order valence-electron chi connectivity index (χ2n) is 11.6. The van der Waals surface area contributed by atoms with E-state index in [1.54, 1.807) is 0 Å². The molecule has 2 nitrogen and oxygen atoms in total. The fraction of sp³-hybridized carbons (Fsp3) is 0.222. The molecule has 1 heterocycles. The van der Waals surface area contributed by atoms with E-state index in [-0.39, 0.29) is 0 Å². The highest BCUT2D eigenvalue weighted by Gasteiger charge is 2.30. The Hall–Kier alpha value is -3.18. The quantitative estimate of drug-likeness (QED) is 0.242. The summed E-state index contributed by atoms with van der Waals surface area (Å²) in [6.07, 6.45) is 11.2. The number of rotatable bonds is 2. The molecule has 3 aliphatic rings. The molecule has 0 bridgehead atoms. The number of benzene rings is 4. The fourth-order valence-electron chi connectivity index (χ4n) is 6.43. The molecule has 2 aliphatic carbocycles. The molecule has 0 amide bonds. The average molecular weight is 559 g/mol. The van der Waals surface area contributed by atoms with Gasteiger partial charge in [0.2, 0.25) is 0 Å². The Bertz CT molecular complexity index is 1680. The van der Waals surface area contributed by atoms with Gasteiger partial charge in [-0.3, -0.25) is 0 Å². The Morgan fingerprint density at radius 3 is 1.60 bits per heavy atom. The van der Waals surface area contributed by atoms with Crippen LogP contribution in [0.2, 0.25) is 0 Å². The third kappa shape index (κ3) is 4.43. The zero-order chi connectivity index (χ0) is 27.4. The van der Waals surface area contributed by atoms with Crippen molar-refractivity contribution in [2.45, 2.75) is 51.9 Å². The highest BCUT2D eigenvalue weighted by Crippen LogP contribution is 2.49. The molecule has 0 radical (unpaired) electrons. The van der Waals surface area contributed by atoms with Gasteiger partial charge in [0.1, 0.15) is 0 Å². The molecule has 0 saturated heterocycles. The van der Waals surface area contributed by atoms with Crippen LogP contribution < -0.4 is 31.9 Å². The summed E-state index contributed by atoms with van der Waals surface area (Å²) >= 11 is 0. The molecule has 1 aliphatic heterocycles. The molecule has 2 N–H and O–H groups in total. The molecular weight excluding hydrogens is 522 g/mol. The zero-order valence-corrected chi connectivity index (χ0v) is 25.5. The number of hydrogen-bond donors (Lipinski definition) is 2. The summed E-state index contributed by atoms with van der Waals surface area (Å²) in [6.45, 7) is 9.56. The first-order chi connectivity index (χ1) is 19.5. The summed E-state index contributed by atoms with van der Waals surface area (Å²) in [6, 6.07) is 27.9. The van der Waals surface area contributed by atoms with E-state index in [0.29, 0.717) is 11.3 Å². The van der Waals surface area contributed by atoms with E-state index in [4.69, 9.17) is 0 Å². The minimum atomic E-state index is -0.637. The average Bonchev–Trinajstić information content (AvgIpc) is 3.59. The van der Waals surface area contributed by atoms with Gasteiger partial charge in [-0.1, -0.05) is 88.4 Å². The molecule has 0 fully saturated rings. The number of allylic oxidation sites excluding steroid dienone is 2. The van der Waals surface area contributed by atoms with Gasteiger partial charge in [-0.2, -0.15) is 0 Å². The van der Waals surface area contributed by atoms with Crippen molar-refractivity contribution in [2.24, 2.45) is 0 Å². The van der Waals surface area contributed by atoms with Crippen LogP contribution in [0.25, 0.3) is 12.2 Å². The number of hydrogen-bond acceptors (Lipinski definition) is 2. The minimum absolute atomic E-state index is 0.482. The lowest BCUT2D eigenvalue weighted by Gasteiger charge is -2.32. The first-order valence-electron chi connectivity index (χ1n) is 14.5. The standard InChI is InChI=1S/C36H36N2P2/c1-23(2)39-33-17-7-5-15-29(33)37-30-16-6-8-18-34(30)40(24(3)4)36-22-28-14-10-12-26(28)20-32(36)38-31-19-25-11-9-13-27(25)21-35(31)39/h5-11,14-24,37-38H,12-13H2,1-4H3. The molecule has 2 unspecified atom stereocenters. The molecule has 0 saturated carbocycles. The molecule has 4 aromatic carbocycles. The van der Waals surface area contributed by atoms with Crippen molar-refractivity contribution in [3.8, 4) is 0 Å². The monoisotopic (exact) mass is 558 g/mol. The maximum atomic E-state index is 4.10. The van der Waals surface area contributed by atoms with E-state index < -0.39 is 15.8 Å². The van der Waals surface area contributed by atoms with E-state index in [2.05, 4.69) is 135 Å². The summed E-state index contributed by atoms with van der Waals surface area (Å²) in [5.41, 5.74) is 11.6. The summed E-state index contributed by atoms with van der Waals surface area (Å²) in [5, 5.41) is 13.8. The highest BCUT2D eigenvalue weighted by atomic mass is 31.1. The highest BCUT2D eigenvalue weighted by molar-refractivity contribution is 7.74. The molecule has 200 valence electrons. The smallest absolute Gasteiger partial charge is 0.0472 e. The van der Waals surface area contributed by atoms with E-state index in [0.717, 1.165) is 12.8 Å². The van der Waals surface area contributed by atoms with Gasteiger partial charge in [0.15, 0.2) is 0 Å². The van der Waals surface area contributed by atoms with Crippen molar-refractivity contribution < 1.29 is 0 Å². The predicted octanol–water partition coefficient (Wildman–Crippen LogP) is 8.31. The first-order valence-corrected chi connectivity index (χ1v) is 17.3. The van der Waals surface area contributed by atoms with Crippen LogP contribution in [-0.2, 0) is 12.8 Å². The third-order valence-electron chi connectivity index (χ3n) is 8.20. The predicted molar refractivity (Wildman–Crippen MR) is 180 cm³/mol. The van der Waals surface area contributed by atoms with Crippen LogP contribution in [0, 0.1) is 0 Å². The minimum Gasteiger partial charge on any atom is -0.354 e. The molecule has 0 aromatic heterocycles. The van der Waals surface area contributed by atoms with Gasteiger partial charge in [-0.05, 0) is 98.7 Å². The van der Waals surface area contributed by atoms with Crippen LogP contribution in [0.15, 0.2) is 84.9 Å². The van der Waals surface area contributed by atoms with Crippen molar-refractivity contribution in [1.29, 1.82) is 0 Å². The van der Waals surface area contributed by atoms with Gasteiger partial charge < -0.3 is 10.6 Å². The van der Waals surface area contributed by atoms with Crippen molar-refractivity contribution in [1.82, 2.24) is 0 Å². The summed E-state index contributed by atoms with van der Waals surface area (Å²) in [7, 11) is -1.27. The number of anilines is 4. The summed E-state index contributed by atoms with van der Waals surface area (Å²) < 4.78 is 0. The maximum absolute atomic E-state index is 4.10. The van der Waals surface area contributed by atoms with Crippen LogP contribution >= 0.6 is 15.8 Å². The maximum Gasteiger partial charge on any atom is 0.0472 e. The molecule has 40 heavy (non-hydrogen) atoms. The summed E-state index contributed by atoms with van der Waals surface area (Å²) in [5.74, 6) is 0. The van der Waals surface area contributed by atoms with Crippen LogP contribution in [0.3, 0.4) is 0 Å². The Kier molecular flexibility index (Phi) is 6.66. The Balaban J connectivity index is 1.55. The Morgan fingerprint density at radius 1 is 0.525 bits per heavy atom. The summed E-state index contributed by atoms with van der Waals surface area (Å²) in [4.78, 5) is 0. The lowest BCUT2D eigenvalue weighted by molar-refractivity contribution is 1.10. The van der Waals surface area contributed by atoms with Crippen LogP contribution in [-0.4, -0.2) is 11.3 Å². The SMILES string of the molecule is CC(C)P1c2ccccc2Nc2ccccc2P(C(C)C)c2cc3c(cc2Nc2cc4c(cc21)C=CC4)C=CC3. The third-order valence-corrected chi connectivity index (χ3v) is 13.9. The molecule has 4 aromatic rings. The molecule has 2 atom stereocenters. The van der Waals surface area contributed by atoms with Gasteiger partial charge in [-0.25, -0.2) is 0 Å².